The maximum Gasteiger partial charge on any atom is 0.472 e. The van der Waals surface area contributed by atoms with E-state index >= 15 is 0 Å². The molecule has 0 bridgehead atoms. The van der Waals surface area contributed by atoms with E-state index in [0.717, 1.165) is 70.6 Å². The van der Waals surface area contributed by atoms with Crippen molar-refractivity contribution in [2.45, 2.75) is 225 Å². The van der Waals surface area contributed by atoms with Crippen LogP contribution in [0, 0.1) is 0 Å². The molecule has 2 atom stereocenters. The van der Waals surface area contributed by atoms with Gasteiger partial charge in [-0.2, -0.15) is 0 Å². The fraction of sp³-hybridized carbons (Fsp3) is 0.827. The van der Waals surface area contributed by atoms with Crippen LogP contribution in [0.15, 0.2) is 48.6 Å². The van der Waals surface area contributed by atoms with Crippen molar-refractivity contribution in [1.29, 1.82) is 0 Å². The number of hydrogen-bond donors (Lipinski definition) is 1. The molecular formula is C52H99NO7P+. The van der Waals surface area contributed by atoms with Gasteiger partial charge < -0.3 is 18.9 Å². The first-order chi connectivity index (χ1) is 29.6. The average molecular weight is 881 g/mol. The Balaban J connectivity index is 4.05. The van der Waals surface area contributed by atoms with Crippen LogP contribution < -0.4 is 0 Å². The van der Waals surface area contributed by atoms with E-state index in [2.05, 4.69) is 62.5 Å². The van der Waals surface area contributed by atoms with E-state index < -0.39 is 13.9 Å². The molecule has 0 amide bonds. The number of phosphoric ester groups is 1. The van der Waals surface area contributed by atoms with E-state index in [1.165, 1.54) is 128 Å². The third-order valence-corrected chi connectivity index (χ3v) is 11.8. The minimum Gasteiger partial charge on any atom is -0.457 e. The lowest BCUT2D eigenvalue weighted by Gasteiger charge is -2.24. The standard InChI is InChI=1S/C52H98NO7P/c1-6-8-10-12-14-16-18-20-21-22-23-24-25-26-27-28-29-30-31-32-34-36-38-40-42-44-47-57-49-51(50-59-61(55,56)58-48-46-53(3,4)5)60-52(54)45-43-41-39-37-35-33-19-17-15-13-11-9-7-2/h11,13,17-20,22-23,51H,6-10,12,14-16,21,24-50H2,1-5H3/p+1/b13-11-,19-17-,20-18-,23-22-. The largest absolute Gasteiger partial charge is 0.472 e. The van der Waals surface area contributed by atoms with E-state index in [1.807, 2.05) is 21.1 Å². The van der Waals surface area contributed by atoms with Crippen LogP contribution in [-0.2, 0) is 27.9 Å². The number of esters is 1. The number of ether oxygens (including phenoxy) is 2. The molecule has 0 fully saturated rings. The van der Waals surface area contributed by atoms with Crippen molar-refractivity contribution in [2.75, 3.05) is 54.1 Å². The highest BCUT2D eigenvalue weighted by Crippen LogP contribution is 2.43. The van der Waals surface area contributed by atoms with Crippen molar-refractivity contribution in [3.63, 3.8) is 0 Å². The topological polar surface area (TPSA) is 91.3 Å². The number of nitrogens with zero attached hydrogens (tertiary/aromatic N) is 1. The zero-order valence-electron chi connectivity index (χ0n) is 40.7. The third kappa shape index (κ3) is 49.3. The molecule has 0 heterocycles. The van der Waals surface area contributed by atoms with Gasteiger partial charge in [0, 0.05) is 13.0 Å². The summed E-state index contributed by atoms with van der Waals surface area (Å²) < 4.78 is 35.1. The Labute approximate surface area is 378 Å². The van der Waals surface area contributed by atoms with Gasteiger partial charge in [-0.3, -0.25) is 13.8 Å². The molecule has 0 aromatic carbocycles. The maximum atomic E-state index is 12.7. The van der Waals surface area contributed by atoms with Gasteiger partial charge in [0.2, 0.25) is 0 Å². The number of carbonyl (C=O) groups is 1. The van der Waals surface area contributed by atoms with Gasteiger partial charge >= 0.3 is 13.8 Å². The number of quaternary nitrogens is 1. The molecule has 8 nitrogen and oxygen atoms in total. The Morgan fingerprint density at radius 3 is 1.39 bits per heavy atom. The van der Waals surface area contributed by atoms with E-state index in [1.54, 1.807) is 0 Å². The molecule has 0 aliphatic heterocycles. The van der Waals surface area contributed by atoms with Gasteiger partial charge in [0.15, 0.2) is 0 Å². The summed E-state index contributed by atoms with van der Waals surface area (Å²) in [6.07, 6.45) is 55.9. The van der Waals surface area contributed by atoms with Gasteiger partial charge in [-0.25, -0.2) is 4.57 Å². The second-order valence-corrected chi connectivity index (χ2v) is 19.6. The van der Waals surface area contributed by atoms with Crippen LogP contribution >= 0.6 is 7.82 Å². The number of allylic oxidation sites excluding steroid dienone is 8. The Kier molecular flexibility index (Phi) is 43.9. The quantitative estimate of drug-likeness (QED) is 0.0214. The molecular weight excluding hydrogens is 782 g/mol. The van der Waals surface area contributed by atoms with Crippen molar-refractivity contribution in [3.05, 3.63) is 48.6 Å². The molecule has 0 saturated carbocycles. The number of rotatable bonds is 47. The number of phosphoric acid groups is 1. The Morgan fingerprint density at radius 1 is 0.508 bits per heavy atom. The lowest BCUT2D eigenvalue weighted by atomic mass is 10.0. The Morgan fingerprint density at radius 2 is 0.934 bits per heavy atom. The molecule has 0 aliphatic rings. The molecule has 0 rings (SSSR count). The van der Waals surface area contributed by atoms with Crippen LogP contribution in [0.5, 0.6) is 0 Å². The van der Waals surface area contributed by atoms with Crippen molar-refractivity contribution >= 4 is 13.8 Å². The van der Waals surface area contributed by atoms with Crippen LogP contribution in [0.2, 0.25) is 0 Å². The average Bonchev–Trinajstić information content (AvgIpc) is 3.22. The summed E-state index contributed by atoms with van der Waals surface area (Å²) in [6.45, 7) is 5.54. The monoisotopic (exact) mass is 881 g/mol. The van der Waals surface area contributed by atoms with Crippen molar-refractivity contribution in [2.24, 2.45) is 0 Å². The molecule has 0 aromatic rings. The lowest BCUT2D eigenvalue weighted by molar-refractivity contribution is -0.870. The summed E-state index contributed by atoms with van der Waals surface area (Å²) in [7, 11) is 1.66. The number of unbranched alkanes of at least 4 members (excludes halogenated alkanes) is 25. The fourth-order valence-electron chi connectivity index (χ4n) is 6.92. The van der Waals surface area contributed by atoms with Gasteiger partial charge in [0.1, 0.15) is 19.3 Å². The van der Waals surface area contributed by atoms with Gasteiger partial charge in [-0.05, 0) is 70.6 Å². The van der Waals surface area contributed by atoms with Crippen LogP contribution in [0.4, 0.5) is 0 Å². The summed E-state index contributed by atoms with van der Waals surface area (Å²) in [6, 6.07) is 0. The van der Waals surface area contributed by atoms with Gasteiger partial charge in [0.05, 0.1) is 34.4 Å². The normalized spacial score (nSPS) is 14.0. The molecule has 9 heteroatoms. The summed E-state index contributed by atoms with van der Waals surface area (Å²) in [5, 5.41) is 0. The molecule has 0 saturated heterocycles. The van der Waals surface area contributed by atoms with E-state index in [9.17, 15) is 14.3 Å². The predicted molar refractivity (Wildman–Crippen MR) is 261 cm³/mol. The summed E-state index contributed by atoms with van der Waals surface area (Å²) in [5.41, 5.74) is 0. The molecule has 0 aromatic heterocycles. The minimum atomic E-state index is -4.28. The van der Waals surface area contributed by atoms with Crippen molar-refractivity contribution in [1.82, 2.24) is 0 Å². The zero-order chi connectivity index (χ0) is 44.8. The minimum absolute atomic E-state index is 0.0850. The second-order valence-electron chi connectivity index (χ2n) is 18.2. The van der Waals surface area contributed by atoms with Crippen LogP contribution in [0.3, 0.4) is 0 Å². The van der Waals surface area contributed by atoms with Crippen molar-refractivity contribution in [3.8, 4) is 0 Å². The fourth-order valence-corrected chi connectivity index (χ4v) is 7.66. The highest BCUT2D eigenvalue weighted by molar-refractivity contribution is 7.47. The summed E-state index contributed by atoms with van der Waals surface area (Å²) >= 11 is 0. The highest BCUT2D eigenvalue weighted by atomic mass is 31.2. The predicted octanol–water partition coefficient (Wildman–Crippen LogP) is 15.5. The van der Waals surface area contributed by atoms with Gasteiger partial charge in [0.25, 0.3) is 0 Å². The molecule has 1 N–H and O–H groups in total. The summed E-state index contributed by atoms with van der Waals surface area (Å²) in [5.74, 6) is -0.327. The lowest BCUT2D eigenvalue weighted by Crippen LogP contribution is -2.37. The van der Waals surface area contributed by atoms with E-state index in [4.69, 9.17) is 18.5 Å². The van der Waals surface area contributed by atoms with Crippen LogP contribution in [-0.4, -0.2) is 75.6 Å². The SMILES string of the molecule is CCC/C=C\C/C=C\CCCCCCCC(=O)OC(COCCCCCCCCCCCCCCCC/C=C\C/C=C\CCCCCCC)COP(=O)(O)OCC[N+](C)(C)C. The summed E-state index contributed by atoms with van der Waals surface area (Å²) in [4.78, 5) is 22.9. The maximum absolute atomic E-state index is 12.7. The Bertz CT molecular complexity index is 1120. The van der Waals surface area contributed by atoms with Gasteiger partial charge in [-0.15, -0.1) is 0 Å². The number of hydrogen-bond acceptors (Lipinski definition) is 6. The second kappa shape index (κ2) is 45.0. The zero-order valence-corrected chi connectivity index (χ0v) is 41.5. The molecule has 2 unspecified atom stereocenters. The number of likely N-dealkylation sites (N-methyl/N-ethyl adjacent to an activating group) is 1. The molecule has 358 valence electrons. The number of carbonyl (C=O) groups excluding carboxylic acids is 1. The highest BCUT2D eigenvalue weighted by Gasteiger charge is 2.26. The van der Waals surface area contributed by atoms with Gasteiger partial charge in [-0.1, -0.05) is 191 Å². The smallest absolute Gasteiger partial charge is 0.457 e. The van der Waals surface area contributed by atoms with E-state index in [0.29, 0.717) is 24.1 Å². The molecule has 0 spiro atoms. The van der Waals surface area contributed by atoms with Crippen LogP contribution in [0.1, 0.15) is 219 Å². The molecule has 0 radical (unpaired) electrons. The van der Waals surface area contributed by atoms with Crippen LogP contribution in [0.25, 0.3) is 0 Å². The Hall–Kier alpha value is -1.54. The van der Waals surface area contributed by atoms with E-state index in [-0.39, 0.29) is 25.8 Å². The first-order valence-corrected chi connectivity index (χ1v) is 26.9. The first-order valence-electron chi connectivity index (χ1n) is 25.4. The first kappa shape index (κ1) is 59.5. The van der Waals surface area contributed by atoms with Crippen molar-refractivity contribution < 1.29 is 37.3 Å². The molecule has 61 heavy (non-hydrogen) atoms. The molecule has 0 aliphatic carbocycles. The third-order valence-electron chi connectivity index (χ3n) is 10.8.